The molecule has 0 atom stereocenters. The Morgan fingerprint density at radius 3 is 2.41 bits per heavy atom. The largest absolute Gasteiger partial charge is 0.497 e. The molecule has 0 radical (unpaired) electrons. The molecule has 0 saturated heterocycles. The third-order valence-corrected chi connectivity index (χ3v) is 5.01. The van der Waals surface area contributed by atoms with Crippen molar-refractivity contribution >= 4 is 34.1 Å². The molecule has 0 aliphatic heterocycles. The molecule has 0 fully saturated rings. The van der Waals surface area contributed by atoms with Gasteiger partial charge in [-0.1, -0.05) is 23.5 Å². The number of methoxy groups -OCH3 is 1. The fraction of sp³-hybridized carbons (Fsp3) is 0.150. The topological polar surface area (TPSA) is 92.4 Å². The fourth-order valence-electron chi connectivity index (χ4n) is 2.46. The standard InChI is InChI=1S/C20H19FN4O3S/c1-12-17(18(26)22-11-13-3-9-16(28-2)10-4-13)29-20(23-12)25-19(27)24-15-7-5-14(21)6-8-15/h3-10H,11H2,1-2H3,(H,22,26)(H2,23,24,25,27). The Morgan fingerprint density at radius 1 is 1.07 bits per heavy atom. The number of carbonyl (C=O) groups excluding carboxylic acids is 2. The maximum absolute atomic E-state index is 12.9. The number of nitrogens with zero attached hydrogens (tertiary/aromatic N) is 1. The minimum atomic E-state index is -0.532. The zero-order valence-corrected chi connectivity index (χ0v) is 16.6. The first-order valence-electron chi connectivity index (χ1n) is 8.66. The fourth-order valence-corrected chi connectivity index (χ4v) is 3.34. The second-order valence-corrected chi connectivity index (χ2v) is 7.05. The lowest BCUT2D eigenvalue weighted by molar-refractivity contribution is 0.0954. The van der Waals surface area contributed by atoms with Crippen molar-refractivity contribution < 1.29 is 18.7 Å². The van der Waals surface area contributed by atoms with Gasteiger partial charge in [-0.25, -0.2) is 14.2 Å². The lowest BCUT2D eigenvalue weighted by atomic mass is 10.2. The summed E-state index contributed by atoms with van der Waals surface area (Å²) in [6.45, 7) is 2.05. The van der Waals surface area contributed by atoms with Gasteiger partial charge in [0.15, 0.2) is 5.13 Å². The van der Waals surface area contributed by atoms with Gasteiger partial charge >= 0.3 is 6.03 Å². The first-order valence-corrected chi connectivity index (χ1v) is 9.48. The minimum Gasteiger partial charge on any atom is -0.497 e. The Morgan fingerprint density at radius 2 is 1.76 bits per heavy atom. The van der Waals surface area contributed by atoms with Crippen LogP contribution < -0.4 is 20.7 Å². The molecule has 3 amide bonds. The summed E-state index contributed by atoms with van der Waals surface area (Å²) in [5, 5.41) is 8.27. The summed E-state index contributed by atoms with van der Waals surface area (Å²) in [4.78, 5) is 29.1. The van der Waals surface area contributed by atoms with Crippen molar-refractivity contribution in [1.82, 2.24) is 10.3 Å². The third kappa shape index (κ3) is 5.52. The molecule has 0 bridgehead atoms. The van der Waals surface area contributed by atoms with Crippen molar-refractivity contribution in [3.8, 4) is 5.75 Å². The number of hydrogen-bond acceptors (Lipinski definition) is 5. The van der Waals surface area contributed by atoms with Crippen LogP contribution in [0.5, 0.6) is 5.75 Å². The van der Waals surface area contributed by atoms with Gasteiger partial charge in [-0.2, -0.15) is 0 Å². The molecule has 29 heavy (non-hydrogen) atoms. The number of hydrogen-bond donors (Lipinski definition) is 3. The SMILES string of the molecule is COc1ccc(CNC(=O)c2sc(NC(=O)Nc3ccc(F)cc3)nc2C)cc1. The van der Waals surface area contributed by atoms with Crippen molar-refractivity contribution in [2.24, 2.45) is 0 Å². The van der Waals surface area contributed by atoms with Gasteiger partial charge in [0, 0.05) is 12.2 Å². The van der Waals surface area contributed by atoms with Crippen LogP contribution in [0.3, 0.4) is 0 Å². The minimum absolute atomic E-state index is 0.275. The summed E-state index contributed by atoms with van der Waals surface area (Å²) < 4.78 is 18.0. The molecule has 0 saturated carbocycles. The second-order valence-electron chi connectivity index (χ2n) is 6.05. The van der Waals surface area contributed by atoms with Crippen molar-refractivity contribution in [2.45, 2.75) is 13.5 Å². The van der Waals surface area contributed by atoms with Crippen molar-refractivity contribution in [2.75, 3.05) is 17.7 Å². The van der Waals surface area contributed by atoms with Crippen LogP contribution in [0.15, 0.2) is 48.5 Å². The number of benzene rings is 2. The van der Waals surface area contributed by atoms with E-state index in [1.807, 2.05) is 24.3 Å². The van der Waals surface area contributed by atoms with E-state index in [1.54, 1.807) is 14.0 Å². The maximum atomic E-state index is 12.9. The van der Waals surface area contributed by atoms with Gasteiger partial charge in [0.05, 0.1) is 12.8 Å². The zero-order chi connectivity index (χ0) is 20.8. The highest BCUT2D eigenvalue weighted by Gasteiger charge is 2.16. The van der Waals surface area contributed by atoms with Crippen LogP contribution in [-0.2, 0) is 6.54 Å². The van der Waals surface area contributed by atoms with E-state index in [1.165, 1.54) is 24.3 Å². The molecule has 3 aromatic rings. The van der Waals surface area contributed by atoms with Crippen LogP contribution >= 0.6 is 11.3 Å². The number of nitrogens with one attached hydrogen (secondary N) is 3. The molecule has 150 valence electrons. The summed E-state index contributed by atoms with van der Waals surface area (Å²) in [6, 6.07) is 12.2. The van der Waals surface area contributed by atoms with E-state index < -0.39 is 11.8 Å². The molecule has 0 unspecified atom stereocenters. The van der Waals surface area contributed by atoms with Gasteiger partial charge in [-0.3, -0.25) is 10.1 Å². The number of ether oxygens (including phenoxy) is 1. The quantitative estimate of drug-likeness (QED) is 0.564. The predicted octanol–water partition coefficient (Wildman–Crippen LogP) is 4.17. The van der Waals surface area contributed by atoms with E-state index in [0.717, 1.165) is 22.6 Å². The summed E-state index contributed by atoms with van der Waals surface area (Å²) in [6.07, 6.45) is 0. The van der Waals surface area contributed by atoms with Gasteiger partial charge in [-0.15, -0.1) is 0 Å². The molecule has 0 spiro atoms. The highest BCUT2D eigenvalue weighted by Crippen LogP contribution is 2.23. The Kier molecular flexibility index (Phi) is 6.40. The van der Waals surface area contributed by atoms with Gasteiger partial charge in [0.2, 0.25) is 0 Å². The van der Waals surface area contributed by atoms with Crippen LogP contribution in [0.25, 0.3) is 0 Å². The zero-order valence-electron chi connectivity index (χ0n) is 15.8. The van der Waals surface area contributed by atoms with Gasteiger partial charge in [-0.05, 0) is 48.9 Å². The predicted molar refractivity (Wildman–Crippen MR) is 110 cm³/mol. The number of carbonyl (C=O) groups is 2. The number of anilines is 2. The monoisotopic (exact) mass is 414 g/mol. The number of halogens is 1. The second kappa shape index (κ2) is 9.16. The van der Waals surface area contributed by atoms with Crippen LogP contribution in [0.1, 0.15) is 20.9 Å². The summed E-state index contributed by atoms with van der Waals surface area (Å²) in [7, 11) is 1.59. The molecule has 0 aliphatic carbocycles. The highest BCUT2D eigenvalue weighted by molar-refractivity contribution is 7.17. The van der Waals surface area contributed by atoms with E-state index >= 15 is 0 Å². The van der Waals surface area contributed by atoms with E-state index in [9.17, 15) is 14.0 Å². The molecular weight excluding hydrogens is 395 g/mol. The average molecular weight is 414 g/mol. The molecule has 2 aromatic carbocycles. The number of urea groups is 1. The number of amides is 3. The lowest BCUT2D eigenvalue weighted by Gasteiger charge is -2.05. The molecular formula is C20H19FN4O3S. The van der Waals surface area contributed by atoms with E-state index in [4.69, 9.17) is 4.74 Å². The van der Waals surface area contributed by atoms with Gasteiger partial charge in [0.25, 0.3) is 5.91 Å². The molecule has 7 nitrogen and oxygen atoms in total. The first kappa shape index (κ1) is 20.3. The van der Waals surface area contributed by atoms with Gasteiger partial charge < -0.3 is 15.4 Å². The summed E-state index contributed by atoms with van der Waals surface area (Å²) in [5.74, 6) is 0.0765. The van der Waals surface area contributed by atoms with Crippen LogP contribution in [-0.4, -0.2) is 24.0 Å². The summed E-state index contributed by atoms with van der Waals surface area (Å²) >= 11 is 1.08. The molecule has 9 heteroatoms. The number of thiazole rings is 1. The van der Waals surface area contributed by atoms with E-state index in [0.29, 0.717) is 22.8 Å². The summed E-state index contributed by atoms with van der Waals surface area (Å²) in [5.41, 5.74) is 1.88. The number of aromatic nitrogens is 1. The van der Waals surface area contributed by atoms with Crippen molar-refractivity contribution in [3.63, 3.8) is 0 Å². The lowest BCUT2D eigenvalue weighted by Crippen LogP contribution is -2.22. The highest BCUT2D eigenvalue weighted by atomic mass is 32.1. The number of aryl methyl sites for hydroxylation is 1. The van der Waals surface area contributed by atoms with Crippen molar-refractivity contribution in [1.29, 1.82) is 0 Å². The Labute approximate surface area is 170 Å². The van der Waals surface area contributed by atoms with E-state index in [2.05, 4.69) is 20.9 Å². The van der Waals surface area contributed by atoms with Crippen molar-refractivity contribution in [3.05, 3.63) is 70.5 Å². The Balaban J connectivity index is 1.57. The molecule has 0 aliphatic rings. The normalized spacial score (nSPS) is 10.3. The van der Waals surface area contributed by atoms with E-state index in [-0.39, 0.29) is 11.0 Å². The molecule has 3 N–H and O–H groups in total. The number of rotatable bonds is 6. The smallest absolute Gasteiger partial charge is 0.325 e. The third-order valence-electron chi connectivity index (χ3n) is 3.94. The van der Waals surface area contributed by atoms with Gasteiger partial charge in [0.1, 0.15) is 16.4 Å². The average Bonchev–Trinajstić information content (AvgIpc) is 3.08. The Bertz CT molecular complexity index is 1000. The maximum Gasteiger partial charge on any atom is 0.325 e. The van der Waals surface area contributed by atoms with Crippen LogP contribution in [0, 0.1) is 12.7 Å². The van der Waals surface area contributed by atoms with Crippen LogP contribution in [0.4, 0.5) is 20.0 Å². The molecule has 1 heterocycles. The van der Waals surface area contributed by atoms with Crippen LogP contribution in [0.2, 0.25) is 0 Å². The molecule has 3 rings (SSSR count). The first-order chi connectivity index (χ1) is 13.9. The Hall–Kier alpha value is -3.46. The molecule has 1 aromatic heterocycles.